The van der Waals surface area contributed by atoms with Gasteiger partial charge in [0.2, 0.25) is 0 Å². The highest BCUT2D eigenvalue weighted by atomic mass is 35.5. The molecule has 0 fully saturated rings. The van der Waals surface area contributed by atoms with Gasteiger partial charge in [-0.1, -0.05) is 17.7 Å². The quantitative estimate of drug-likeness (QED) is 0.844. The number of carbonyl (C=O) groups is 2. The number of nitrogens with zero attached hydrogens (tertiary/aromatic N) is 1. The molecule has 6 heteroatoms. The maximum absolute atomic E-state index is 12.5. The van der Waals surface area contributed by atoms with Crippen LogP contribution in [-0.4, -0.2) is 36.9 Å². The van der Waals surface area contributed by atoms with Crippen molar-refractivity contribution >= 4 is 29.1 Å². The summed E-state index contributed by atoms with van der Waals surface area (Å²) in [4.78, 5) is 26.7. The molecule has 2 aromatic carbocycles. The van der Waals surface area contributed by atoms with Crippen LogP contribution in [0.3, 0.4) is 0 Å². The minimum atomic E-state index is -0.355. The van der Waals surface area contributed by atoms with E-state index < -0.39 is 0 Å². The van der Waals surface area contributed by atoms with Crippen molar-refractivity contribution in [2.75, 3.05) is 25.5 Å². The molecule has 0 spiro atoms. The molecule has 2 aromatic rings. The molecule has 0 saturated heterocycles. The van der Waals surface area contributed by atoms with Crippen molar-refractivity contribution in [2.45, 2.75) is 13.8 Å². The molecule has 2 rings (SSSR count). The van der Waals surface area contributed by atoms with Gasteiger partial charge in [0.15, 0.2) is 0 Å². The summed E-state index contributed by atoms with van der Waals surface area (Å²) in [6.07, 6.45) is 0. The fraction of sp³-hybridized carbons (Fsp3) is 0.263. The molecule has 0 bridgehead atoms. The van der Waals surface area contributed by atoms with Crippen molar-refractivity contribution in [2.24, 2.45) is 0 Å². The van der Waals surface area contributed by atoms with E-state index in [0.717, 1.165) is 0 Å². The molecule has 0 aliphatic heterocycles. The van der Waals surface area contributed by atoms with E-state index in [1.807, 2.05) is 13.8 Å². The molecule has 0 aliphatic rings. The van der Waals surface area contributed by atoms with Crippen molar-refractivity contribution in [3.63, 3.8) is 0 Å². The van der Waals surface area contributed by atoms with E-state index in [4.69, 9.17) is 16.3 Å². The maximum Gasteiger partial charge on any atom is 0.259 e. The molecular weight excluding hydrogens is 340 g/mol. The van der Waals surface area contributed by atoms with E-state index >= 15 is 0 Å². The van der Waals surface area contributed by atoms with Gasteiger partial charge in [-0.2, -0.15) is 0 Å². The molecule has 0 aliphatic carbocycles. The Kier molecular flexibility index (Phi) is 6.42. The predicted molar refractivity (Wildman–Crippen MR) is 99.7 cm³/mol. The smallest absolute Gasteiger partial charge is 0.259 e. The lowest BCUT2D eigenvalue weighted by atomic mass is 10.1. The van der Waals surface area contributed by atoms with Crippen LogP contribution in [0.1, 0.15) is 34.6 Å². The van der Waals surface area contributed by atoms with Crippen LogP contribution in [0.5, 0.6) is 5.75 Å². The zero-order valence-electron chi connectivity index (χ0n) is 14.5. The van der Waals surface area contributed by atoms with Gasteiger partial charge in [0.25, 0.3) is 11.8 Å². The third-order valence-electron chi connectivity index (χ3n) is 3.82. The Labute approximate surface area is 152 Å². The zero-order valence-corrected chi connectivity index (χ0v) is 15.3. The molecule has 0 unspecified atom stereocenters. The maximum atomic E-state index is 12.5. The van der Waals surface area contributed by atoms with Gasteiger partial charge in [0, 0.05) is 29.4 Å². The van der Waals surface area contributed by atoms with E-state index in [-0.39, 0.29) is 11.8 Å². The van der Waals surface area contributed by atoms with Gasteiger partial charge in [-0.15, -0.1) is 0 Å². The van der Waals surface area contributed by atoms with Gasteiger partial charge in [-0.05, 0) is 50.2 Å². The Balaban J connectivity index is 2.24. The van der Waals surface area contributed by atoms with Crippen LogP contribution in [0.4, 0.5) is 5.69 Å². The van der Waals surface area contributed by atoms with Gasteiger partial charge in [0.05, 0.1) is 12.7 Å². The Morgan fingerprint density at radius 3 is 2.48 bits per heavy atom. The number of methoxy groups -OCH3 is 1. The molecule has 2 amide bonds. The lowest BCUT2D eigenvalue weighted by molar-refractivity contribution is 0.0772. The van der Waals surface area contributed by atoms with Crippen LogP contribution in [0.2, 0.25) is 5.02 Å². The second-order valence-corrected chi connectivity index (χ2v) is 5.79. The average Bonchev–Trinajstić information content (AvgIpc) is 2.62. The van der Waals surface area contributed by atoms with Crippen LogP contribution >= 0.6 is 11.6 Å². The molecule has 132 valence electrons. The first-order valence-electron chi connectivity index (χ1n) is 8.04. The van der Waals surface area contributed by atoms with Crippen molar-refractivity contribution < 1.29 is 14.3 Å². The van der Waals surface area contributed by atoms with E-state index in [2.05, 4.69) is 5.32 Å². The number of hydrogen-bond acceptors (Lipinski definition) is 3. The van der Waals surface area contributed by atoms with Crippen LogP contribution in [0.25, 0.3) is 0 Å². The van der Waals surface area contributed by atoms with E-state index in [1.54, 1.807) is 47.4 Å². The number of rotatable bonds is 6. The van der Waals surface area contributed by atoms with Crippen LogP contribution < -0.4 is 10.1 Å². The summed E-state index contributed by atoms with van der Waals surface area (Å²) >= 11 is 5.97. The lowest BCUT2D eigenvalue weighted by Gasteiger charge is -2.19. The second kappa shape index (κ2) is 8.53. The summed E-state index contributed by atoms with van der Waals surface area (Å²) in [6, 6.07) is 11.7. The van der Waals surface area contributed by atoms with Gasteiger partial charge < -0.3 is 15.0 Å². The Morgan fingerprint density at radius 1 is 1.12 bits per heavy atom. The standard InChI is InChI=1S/C19H21ClN2O3/c1-4-22(5-2)19(24)13-7-6-8-15(11-13)21-18(23)16-12-14(20)9-10-17(16)25-3/h6-12H,4-5H2,1-3H3,(H,21,23). The third-order valence-corrected chi connectivity index (χ3v) is 4.06. The van der Waals surface area contributed by atoms with Crippen LogP contribution in [0, 0.1) is 0 Å². The molecule has 5 nitrogen and oxygen atoms in total. The molecule has 25 heavy (non-hydrogen) atoms. The number of carbonyl (C=O) groups excluding carboxylic acids is 2. The topological polar surface area (TPSA) is 58.6 Å². The molecular formula is C19H21ClN2O3. The monoisotopic (exact) mass is 360 g/mol. The Bertz CT molecular complexity index is 773. The van der Waals surface area contributed by atoms with Crippen molar-refractivity contribution in [1.29, 1.82) is 0 Å². The number of nitrogens with one attached hydrogen (secondary N) is 1. The highest BCUT2D eigenvalue weighted by Crippen LogP contribution is 2.24. The highest BCUT2D eigenvalue weighted by Gasteiger charge is 2.16. The molecule has 0 heterocycles. The van der Waals surface area contributed by atoms with Crippen LogP contribution in [0.15, 0.2) is 42.5 Å². The fourth-order valence-electron chi connectivity index (χ4n) is 2.48. The second-order valence-electron chi connectivity index (χ2n) is 5.36. The lowest BCUT2D eigenvalue weighted by Crippen LogP contribution is -2.30. The summed E-state index contributed by atoms with van der Waals surface area (Å²) in [5.41, 5.74) is 1.39. The van der Waals surface area contributed by atoms with Gasteiger partial charge >= 0.3 is 0 Å². The van der Waals surface area contributed by atoms with Gasteiger partial charge in [-0.25, -0.2) is 0 Å². The fourth-order valence-corrected chi connectivity index (χ4v) is 2.65. The minimum absolute atomic E-state index is 0.0681. The van der Waals surface area contributed by atoms with Crippen LogP contribution in [-0.2, 0) is 0 Å². The predicted octanol–water partition coefficient (Wildman–Crippen LogP) is 4.08. The molecule has 0 saturated carbocycles. The van der Waals surface area contributed by atoms with Crippen molar-refractivity contribution in [3.8, 4) is 5.75 Å². The summed E-state index contributed by atoms with van der Waals surface area (Å²) in [7, 11) is 1.49. The molecule has 1 N–H and O–H groups in total. The number of halogens is 1. The number of benzene rings is 2. The third kappa shape index (κ3) is 4.51. The molecule has 0 atom stereocenters. The number of amides is 2. The first-order valence-corrected chi connectivity index (χ1v) is 8.42. The van der Waals surface area contributed by atoms with E-state index in [1.165, 1.54) is 7.11 Å². The minimum Gasteiger partial charge on any atom is -0.496 e. The number of ether oxygens (including phenoxy) is 1. The van der Waals surface area contributed by atoms with Gasteiger partial charge in [-0.3, -0.25) is 9.59 Å². The zero-order chi connectivity index (χ0) is 18.4. The number of hydrogen-bond donors (Lipinski definition) is 1. The highest BCUT2D eigenvalue weighted by molar-refractivity contribution is 6.31. The SMILES string of the molecule is CCN(CC)C(=O)c1cccc(NC(=O)c2cc(Cl)ccc2OC)c1. The van der Waals surface area contributed by atoms with Crippen molar-refractivity contribution in [1.82, 2.24) is 4.90 Å². The summed E-state index contributed by atoms with van der Waals surface area (Å²) in [5, 5.41) is 3.22. The average molecular weight is 361 g/mol. The Morgan fingerprint density at radius 2 is 1.84 bits per heavy atom. The van der Waals surface area contributed by atoms with Crippen molar-refractivity contribution in [3.05, 3.63) is 58.6 Å². The van der Waals surface area contributed by atoms with Gasteiger partial charge in [0.1, 0.15) is 5.75 Å². The number of anilines is 1. The normalized spacial score (nSPS) is 10.2. The molecule has 0 radical (unpaired) electrons. The Hall–Kier alpha value is -2.53. The molecule has 0 aromatic heterocycles. The first kappa shape index (κ1) is 18.8. The summed E-state index contributed by atoms with van der Waals surface area (Å²) in [6.45, 7) is 5.12. The van der Waals surface area contributed by atoms with E-state index in [9.17, 15) is 9.59 Å². The largest absolute Gasteiger partial charge is 0.496 e. The summed E-state index contributed by atoms with van der Waals surface area (Å²) in [5.74, 6) is 0.00509. The first-order chi connectivity index (χ1) is 12.0. The van der Waals surface area contributed by atoms with E-state index in [0.29, 0.717) is 40.7 Å². The summed E-state index contributed by atoms with van der Waals surface area (Å²) < 4.78 is 5.20.